The lowest BCUT2D eigenvalue weighted by Crippen LogP contribution is -2.29. The van der Waals surface area contributed by atoms with Gasteiger partial charge in [0.15, 0.2) is 10.8 Å². The summed E-state index contributed by atoms with van der Waals surface area (Å²) in [7, 11) is 1.59. The van der Waals surface area contributed by atoms with Gasteiger partial charge in [0.2, 0.25) is 0 Å². The molecule has 0 saturated carbocycles. The van der Waals surface area contributed by atoms with Gasteiger partial charge in [-0.15, -0.1) is 0 Å². The van der Waals surface area contributed by atoms with Gasteiger partial charge in [0.1, 0.15) is 5.00 Å². The molecular weight excluding hydrogens is 224 g/mol. The molecule has 0 bridgehead atoms. The van der Waals surface area contributed by atoms with E-state index in [4.69, 9.17) is 5.73 Å². The smallest absolute Gasteiger partial charge is 0.272 e. The highest BCUT2D eigenvalue weighted by Crippen LogP contribution is 2.30. The van der Waals surface area contributed by atoms with Gasteiger partial charge in [0.25, 0.3) is 5.91 Å². The van der Waals surface area contributed by atoms with Crippen molar-refractivity contribution < 1.29 is 4.79 Å². The second-order valence-corrected chi connectivity index (χ2v) is 4.85. The molecule has 88 valence electrons. The number of thiazole rings is 1. The molecule has 3 N–H and O–H groups in total. The molecule has 0 unspecified atom stereocenters. The number of carbonyl (C=O) groups excluding carboxylic acids is 1. The Bertz CT molecular complexity index is 384. The fourth-order valence-corrected chi connectivity index (χ4v) is 2.70. The summed E-state index contributed by atoms with van der Waals surface area (Å²) >= 11 is 1.40. The number of carbonyl (C=O) groups is 1. The minimum absolute atomic E-state index is 0.211. The zero-order valence-corrected chi connectivity index (χ0v) is 10.1. The van der Waals surface area contributed by atoms with Crippen molar-refractivity contribution in [3.63, 3.8) is 0 Å². The quantitative estimate of drug-likeness (QED) is 0.811. The van der Waals surface area contributed by atoms with Crippen LogP contribution in [0, 0.1) is 0 Å². The van der Waals surface area contributed by atoms with Crippen molar-refractivity contribution in [2.45, 2.75) is 19.3 Å². The first kappa shape index (κ1) is 11.2. The van der Waals surface area contributed by atoms with Crippen molar-refractivity contribution in [3.05, 3.63) is 5.69 Å². The first-order valence-electron chi connectivity index (χ1n) is 5.45. The molecule has 5 nitrogen and oxygen atoms in total. The fraction of sp³-hybridized carbons (Fsp3) is 0.600. The first-order chi connectivity index (χ1) is 7.72. The van der Waals surface area contributed by atoms with Gasteiger partial charge in [-0.3, -0.25) is 4.79 Å². The number of amides is 1. The first-order valence-corrected chi connectivity index (χ1v) is 6.27. The number of nitrogens with one attached hydrogen (secondary N) is 1. The maximum Gasteiger partial charge on any atom is 0.272 e. The fourth-order valence-electron chi connectivity index (χ4n) is 1.82. The maximum absolute atomic E-state index is 11.5. The van der Waals surface area contributed by atoms with Crippen LogP contribution in [0.2, 0.25) is 0 Å². The summed E-state index contributed by atoms with van der Waals surface area (Å²) in [5.41, 5.74) is 6.15. The summed E-state index contributed by atoms with van der Waals surface area (Å²) in [4.78, 5) is 18.0. The van der Waals surface area contributed by atoms with E-state index in [1.54, 1.807) is 7.05 Å². The van der Waals surface area contributed by atoms with E-state index >= 15 is 0 Å². The second kappa shape index (κ2) is 4.69. The van der Waals surface area contributed by atoms with E-state index in [2.05, 4.69) is 15.2 Å². The third-order valence-electron chi connectivity index (χ3n) is 2.71. The summed E-state index contributed by atoms with van der Waals surface area (Å²) in [6.45, 7) is 2.03. The molecule has 2 heterocycles. The number of rotatable bonds is 2. The molecule has 1 aromatic rings. The molecule has 0 atom stereocenters. The molecule has 1 fully saturated rings. The molecule has 0 radical (unpaired) electrons. The second-order valence-electron chi connectivity index (χ2n) is 3.84. The molecule has 2 rings (SSSR count). The summed E-state index contributed by atoms with van der Waals surface area (Å²) in [6, 6.07) is 0. The predicted molar refractivity (Wildman–Crippen MR) is 66.0 cm³/mol. The Morgan fingerprint density at radius 2 is 2.12 bits per heavy atom. The lowest BCUT2D eigenvalue weighted by molar-refractivity contribution is 0.0960. The number of piperidine rings is 1. The van der Waals surface area contributed by atoms with Crippen molar-refractivity contribution in [2.75, 3.05) is 30.8 Å². The maximum atomic E-state index is 11.5. The summed E-state index contributed by atoms with van der Waals surface area (Å²) in [6.07, 6.45) is 3.66. The van der Waals surface area contributed by atoms with Crippen molar-refractivity contribution in [1.82, 2.24) is 10.3 Å². The Labute approximate surface area is 98.7 Å². The Hall–Kier alpha value is -1.30. The van der Waals surface area contributed by atoms with Crippen molar-refractivity contribution >= 4 is 27.4 Å². The Morgan fingerprint density at radius 3 is 2.75 bits per heavy atom. The molecule has 1 saturated heterocycles. The number of aromatic nitrogens is 1. The van der Waals surface area contributed by atoms with Crippen molar-refractivity contribution in [3.8, 4) is 0 Å². The zero-order chi connectivity index (χ0) is 11.5. The van der Waals surface area contributed by atoms with E-state index in [1.165, 1.54) is 30.6 Å². The summed E-state index contributed by atoms with van der Waals surface area (Å²) in [5, 5.41) is 3.92. The van der Waals surface area contributed by atoms with E-state index in [1.807, 2.05) is 0 Å². The number of nitrogen functional groups attached to an aromatic ring is 1. The number of nitrogens with zero attached hydrogens (tertiary/aromatic N) is 2. The highest BCUT2D eigenvalue weighted by Gasteiger charge is 2.19. The molecule has 0 spiro atoms. The third-order valence-corrected chi connectivity index (χ3v) is 3.66. The summed E-state index contributed by atoms with van der Waals surface area (Å²) in [5.74, 6) is -0.211. The highest BCUT2D eigenvalue weighted by atomic mass is 32.1. The van der Waals surface area contributed by atoms with E-state index in [0.29, 0.717) is 10.7 Å². The average Bonchev–Trinajstić information content (AvgIpc) is 2.71. The molecule has 16 heavy (non-hydrogen) atoms. The van der Waals surface area contributed by atoms with E-state index in [-0.39, 0.29) is 5.91 Å². The van der Waals surface area contributed by atoms with Crippen LogP contribution in [0.15, 0.2) is 0 Å². The van der Waals surface area contributed by atoms with Crippen LogP contribution in [-0.4, -0.2) is 31.0 Å². The lowest BCUT2D eigenvalue weighted by atomic mass is 10.1. The van der Waals surface area contributed by atoms with Crippen molar-refractivity contribution in [2.24, 2.45) is 0 Å². The Morgan fingerprint density at radius 1 is 1.44 bits per heavy atom. The Kier molecular flexibility index (Phi) is 3.28. The van der Waals surface area contributed by atoms with Gasteiger partial charge >= 0.3 is 0 Å². The number of anilines is 2. The van der Waals surface area contributed by atoms with Crippen LogP contribution in [0.3, 0.4) is 0 Å². The van der Waals surface area contributed by atoms with Crippen LogP contribution >= 0.6 is 11.3 Å². The number of hydrogen-bond donors (Lipinski definition) is 2. The monoisotopic (exact) mass is 240 g/mol. The SMILES string of the molecule is CNC(=O)c1nc(N2CCCCC2)sc1N. The average molecular weight is 240 g/mol. The van der Waals surface area contributed by atoms with Crippen LogP contribution in [0.5, 0.6) is 0 Å². The van der Waals surface area contributed by atoms with Gasteiger partial charge in [-0.05, 0) is 19.3 Å². The summed E-state index contributed by atoms with van der Waals surface area (Å²) < 4.78 is 0. The van der Waals surface area contributed by atoms with Gasteiger partial charge in [-0.25, -0.2) is 4.98 Å². The van der Waals surface area contributed by atoms with Crippen LogP contribution in [0.4, 0.5) is 10.1 Å². The van der Waals surface area contributed by atoms with Crippen molar-refractivity contribution in [1.29, 1.82) is 0 Å². The minimum Gasteiger partial charge on any atom is -0.389 e. The largest absolute Gasteiger partial charge is 0.389 e. The number of hydrogen-bond acceptors (Lipinski definition) is 5. The molecule has 1 aliphatic heterocycles. The van der Waals surface area contributed by atoms with Gasteiger partial charge < -0.3 is 16.0 Å². The topological polar surface area (TPSA) is 71.2 Å². The van der Waals surface area contributed by atoms with Crippen LogP contribution in [-0.2, 0) is 0 Å². The molecular formula is C10H16N4OS. The highest BCUT2D eigenvalue weighted by molar-refractivity contribution is 7.19. The number of nitrogens with two attached hydrogens (primary N) is 1. The third kappa shape index (κ3) is 2.11. The molecule has 1 aliphatic rings. The van der Waals surface area contributed by atoms with Gasteiger partial charge in [-0.1, -0.05) is 11.3 Å². The molecule has 0 aliphatic carbocycles. The molecule has 1 amide bonds. The zero-order valence-electron chi connectivity index (χ0n) is 9.32. The minimum atomic E-state index is -0.211. The van der Waals surface area contributed by atoms with E-state index in [9.17, 15) is 4.79 Å². The lowest BCUT2D eigenvalue weighted by Gasteiger charge is -2.25. The molecule has 0 aromatic carbocycles. The van der Waals surface area contributed by atoms with Crippen LogP contribution in [0.1, 0.15) is 29.8 Å². The van der Waals surface area contributed by atoms with Gasteiger partial charge in [-0.2, -0.15) is 0 Å². The van der Waals surface area contributed by atoms with E-state index < -0.39 is 0 Å². The predicted octanol–water partition coefficient (Wildman–Crippen LogP) is 1.08. The van der Waals surface area contributed by atoms with E-state index in [0.717, 1.165) is 18.2 Å². The van der Waals surface area contributed by atoms with Crippen LogP contribution < -0.4 is 16.0 Å². The Balaban J connectivity index is 2.19. The molecule has 6 heteroatoms. The molecule has 1 aromatic heterocycles. The van der Waals surface area contributed by atoms with Gasteiger partial charge in [0.05, 0.1) is 0 Å². The standard InChI is InChI=1S/C10H16N4OS/c1-12-9(15)7-8(11)16-10(13-7)14-5-3-2-4-6-14/h2-6,11H2,1H3,(H,12,15). The van der Waals surface area contributed by atoms with Gasteiger partial charge in [0, 0.05) is 20.1 Å². The normalized spacial score (nSPS) is 16.2. The van der Waals surface area contributed by atoms with Crippen LogP contribution in [0.25, 0.3) is 0 Å².